The maximum Gasteiger partial charge on any atom is 0.240 e. The molecule has 0 aromatic carbocycles. The third-order valence-electron chi connectivity index (χ3n) is 3.53. The molecule has 1 aliphatic carbocycles. The standard InChI is InChI=1S/C11H21NO4S/c1-8(17(3,15)16)11(14)12(2)9-6-4-5-7-10(9)13/h8-10,13H,4-7H2,1-3H3. The Morgan fingerprint density at radius 2 is 1.88 bits per heavy atom. The first kappa shape index (κ1) is 14.4. The first-order chi connectivity index (χ1) is 7.75. The highest BCUT2D eigenvalue weighted by Crippen LogP contribution is 2.23. The number of amides is 1. The van der Waals surface area contributed by atoms with E-state index in [4.69, 9.17) is 0 Å². The normalized spacial score (nSPS) is 27.5. The van der Waals surface area contributed by atoms with Gasteiger partial charge >= 0.3 is 0 Å². The van der Waals surface area contributed by atoms with Crippen LogP contribution in [0.2, 0.25) is 0 Å². The minimum Gasteiger partial charge on any atom is -0.391 e. The fourth-order valence-corrected chi connectivity index (χ4v) is 2.71. The monoisotopic (exact) mass is 263 g/mol. The zero-order chi connectivity index (χ0) is 13.2. The van der Waals surface area contributed by atoms with E-state index < -0.39 is 27.1 Å². The molecule has 0 heterocycles. The summed E-state index contributed by atoms with van der Waals surface area (Å²) in [5.41, 5.74) is 0. The van der Waals surface area contributed by atoms with E-state index in [-0.39, 0.29) is 6.04 Å². The summed E-state index contributed by atoms with van der Waals surface area (Å²) in [6.45, 7) is 1.39. The first-order valence-electron chi connectivity index (χ1n) is 5.88. The molecular weight excluding hydrogens is 242 g/mol. The van der Waals surface area contributed by atoms with Gasteiger partial charge in [0, 0.05) is 13.3 Å². The highest BCUT2D eigenvalue weighted by Gasteiger charge is 2.34. The van der Waals surface area contributed by atoms with E-state index in [0.29, 0.717) is 6.42 Å². The van der Waals surface area contributed by atoms with Gasteiger partial charge in [0.2, 0.25) is 5.91 Å². The Hall–Kier alpha value is -0.620. The van der Waals surface area contributed by atoms with E-state index >= 15 is 0 Å². The second-order valence-corrected chi connectivity index (χ2v) is 7.21. The predicted molar refractivity (Wildman–Crippen MR) is 65.3 cm³/mol. The molecular formula is C11H21NO4S. The number of aliphatic hydroxyl groups is 1. The van der Waals surface area contributed by atoms with E-state index in [1.54, 1.807) is 7.05 Å². The van der Waals surface area contributed by atoms with Crippen LogP contribution in [0.15, 0.2) is 0 Å². The van der Waals surface area contributed by atoms with E-state index in [2.05, 4.69) is 0 Å². The minimum absolute atomic E-state index is 0.250. The van der Waals surface area contributed by atoms with Crippen molar-refractivity contribution in [2.75, 3.05) is 13.3 Å². The molecule has 1 N–H and O–H groups in total. The van der Waals surface area contributed by atoms with Gasteiger partial charge in [-0.1, -0.05) is 12.8 Å². The quantitative estimate of drug-likeness (QED) is 0.788. The van der Waals surface area contributed by atoms with Crippen LogP contribution in [0, 0.1) is 0 Å². The van der Waals surface area contributed by atoms with Crippen LogP contribution in [-0.2, 0) is 14.6 Å². The number of likely N-dealkylation sites (N-methyl/N-ethyl adjacent to an activating group) is 1. The molecule has 0 aliphatic heterocycles. The molecule has 0 spiro atoms. The van der Waals surface area contributed by atoms with Gasteiger partial charge in [0.15, 0.2) is 9.84 Å². The Morgan fingerprint density at radius 3 is 2.35 bits per heavy atom. The summed E-state index contributed by atoms with van der Waals surface area (Å²) in [5, 5.41) is 8.79. The topological polar surface area (TPSA) is 74.7 Å². The Morgan fingerprint density at radius 1 is 1.35 bits per heavy atom. The summed E-state index contributed by atoms with van der Waals surface area (Å²) in [5.74, 6) is -0.432. The number of hydrogen-bond acceptors (Lipinski definition) is 4. The lowest BCUT2D eigenvalue weighted by Gasteiger charge is -2.36. The lowest BCUT2D eigenvalue weighted by atomic mass is 9.91. The summed E-state index contributed by atoms with van der Waals surface area (Å²) >= 11 is 0. The average molecular weight is 263 g/mol. The van der Waals surface area contributed by atoms with Crippen molar-refractivity contribution in [2.24, 2.45) is 0 Å². The summed E-state index contributed by atoms with van der Waals surface area (Å²) in [4.78, 5) is 13.4. The molecule has 1 rings (SSSR count). The SMILES string of the molecule is CC(C(=O)N(C)C1CCCCC1O)S(C)(=O)=O. The average Bonchev–Trinajstić information content (AvgIpc) is 2.25. The van der Waals surface area contributed by atoms with Crippen molar-refractivity contribution in [3.8, 4) is 0 Å². The molecule has 1 fully saturated rings. The van der Waals surface area contributed by atoms with Crippen LogP contribution >= 0.6 is 0 Å². The molecule has 3 atom stereocenters. The van der Waals surface area contributed by atoms with Crippen LogP contribution in [0.25, 0.3) is 0 Å². The van der Waals surface area contributed by atoms with E-state index in [0.717, 1.165) is 25.5 Å². The Labute approximate surface area is 103 Å². The fourth-order valence-electron chi connectivity index (χ4n) is 2.18. The summed E-state index contributed by atoms with van der Waals surface area (Å²) in [6.07, 6.45) is 3.86. The van der Waals surface area contributed by atoms with Crippen LogP contribution in [0.3, 0.4) is 0 Å². The zero-order valence-corrected chi connectivity index (χ0v) is 11.4. The largest absolute Gasteiger partial charge is 0.391 e. The van der Waals surface area contributed by atoms with Crippen LogP contribution in [-0.4, -0.2) is 55.0 Å². The van der Waals surface area contributed by atoms with Gasteiger partial charge in [0.25, 0.3) is 0 Å². The highest BCUT2D eigenvalue weighted by atomic mass is 32.2. The third-order valence-corrected chi connectivity index (χ3v) is 5.02. The van der Waals surface area contributed by atoms with Gasteiger partial charge in [-0.15, -0.1) is 0 Å². The molecule has 1 amide bonds. The van der Waals surface area contributed by atoms with Gasteiger partial charge < -0.3 is 10.0 Å². The lowest BCUT2D eigenvalue weighted by Crippen LogP contribution is -2.50. The molecule has 0 aromatic rings. The number of carbonyl (C=O) groups excluding carboxylic acids is 1. The summed E-state index contributed by atoms with van der Waals surface area (Å²) in [7, 11) is -1.80. The number of aliphatic hydroxyl groups excluding tert-OH is 1. The van der Waals surface area contributed by atoms with E-state index in [1.165, 1.54) is 11.8 Å². The van der Waals surface area contributed by atoms with E-state index in [9.17, 15) is 18.3 Å². The van der Waals surface area contributed by atoms with Crippen molar-refractivity contribution in [1.29, 1.82) is 0 Å². The number of hydrogen-bond donors (Lipinski definition) is 1. The Bertz CT molecular complexity index is 379. The second kappa shape index (κ2) is 5.35. The second-order valence-electron chi connectivity index (χ2n) is 4.84. The maximum atomic E-state index is 12.0. The van der Waals surface area contributed by atoms with E-state index in [1.807, 2.05) is 0 Å². The molecule has 6 heteroatoms. The summed E-state index contributed by atoms with van der Waals surface area (Å²) < 4.78 is 22.7. The molecule has 100 valence electrons. The molecule has 0 radical (unpaired) electrons. The number of nitrogens with zero attached hydrogens (tertiary/aromatic N) is 1. The van der Waals surface area contributed by atoms with Gasteiger partial charge in [0.1, 0.15) is 5.25 Å². The first-order valence-corrected chi connectivity index (χ1v) is 7.84. The number of sulfone groups is 1. The third kappa shape index (κ3) is 3.42. The molecule has 3 unspecified atom stereocenters. The molecule has 1 aliphatic rings. The van der Waals surface area contributed by atoms with Crippen molar-refractivity contribution < 1.29 is 18.3 Å². The Kier molecular flexibility index (Phi) is 4.55. The Balaban J connectivity index is 2.75. The molecule has 0 saturated heterocycles. The predicted octanol–water partition coefficient (Wildman–Crippen LogP) is 0.181. The molecule has 0 bridgehead atoms. The van der Waals surface area contributed by atoms with Crippen molar-refractivity contribution in [2.45, 2.75) is 50.0 Å². The van der Waals surface area contributed by atoms with Gasteiger partial charge in [-0.2, -0.15) is 0 Å². The molecule has 1 saturated carbocycles. The number of rotatable bonds is 3. The number of carbonyl (C=O) groups is 1. The summed E-state index contributed by atoms with van der Waals surface area (Å²) in [6, 6.07) is -0.250. The molecule has 17 heavy (non-hydrogen) atoms. The molecule has 0 aromatic heterocycles. The molecule has 5 nitrogen and oxygen atoms in total. The fraction of sp³-hybridized carbons (Fsp3) is 0.909. The van der Waals surface area contributed by atoms with Gasteiger partial charge in [0.05, 0.1) is 12.1 Å². The smallest absolute Gasteiger partial charge is 0.240 e. The minimum atomic E-state index is -3.38. The highest BCUT2D eigenvalue weighted by molar-refractivity contribution is 7.92. The zero-order valence-electron chi connectivity index (χ0n) is 10.6. The van der Waals surface area contributed by atoms with Crippen molar-refractivity contribution in [3.05, 3.63) is 0 Å². The van der Waals surface area contributed by atoms with Crippen LogP contribution in [0.1, 0.15) is 32.6 Å². The van der Waals surface area contributed by atoms with Crippen molar-refractivity contribution in [1.82, 2.24) is 4.90 Å². The van der Waals surface area contributed by atoms with Crippen LogP contribution < -0.4 is 0 Å². The van der Waals surface area contributed by atoms with Gasteiger partial charge in [-0.3, -0.25) is 4.79 Å². The van der Waals surface area contributed by atoms with Crippen molar-refractivity contribution in [3.63, 3.8) is 0 Å². The van der Waals surface area contributed by atoms with Crippen LogP contribution in [0.4, 0.5) is 0 Å². The lowest BCUT2D eigenvalue weighted by molar-refractivity contribution is -0.134. The van der Waals surface area contributed by atoms with Crippen LogP contribution in [0.5, 0.6) is 0 Å². The van der Waals surface area contributed by atoms with Crippen molar-refractivity contribution >= 4 is 15.7 Å². The van der Waals surface area contributed by atoms with Gasteiger partial charge in [-0.05, 0) is 19.8 Å². The maximum absolute atomic E-state index is 12.0. The van der Waals surface area contributed by atoms with Gasteiger partial charge in [-0.25, -0.2) is 8.42 Å².